The van der Waals surface area contributed by atoms with Gasteiger partial charge in [-0.25, -0.2) is 8.42 Å². The maximum atomic E-state index is 12.9. The zero-order valence-electron chi connectivity index (χ0n) is 15.4. The molecule has 1 heterocycles. The quantitative estimate of drug-likeness (QED) is 0.555. The van der Waals surface area contributed by atoms with Gasteiger partial charge in [-0.15, -0.1) is 0 Å². The molecule has 1 aliphatic heterocycles. The Morgan fingerprint density at radius 3 is 2.50 bits per heavy atom. The van der Waals surface area contributed by atoms with Crippen molar-refractivity contribution in [1.82, 2.24) is 9.21 Å². The third kappa shape index (κ3) is 4.30. The van der Waals surface area contributed by atoms with Crippen LogP contribution in [0.2, 0.25) is 0 Å². The van der Waals surface area contributed by atoms with Crippen molar-refractivity contribution in [2.75, 3.05) is 38.5 Å². The maximum Gasteiger partial charge on any atom is 0.294 e. The zero-order valence-corrected chi connectivity index (χ0v) is 16.2. The van der Waals surface area contributed by atoms with Gasteiger partial charge in [0.15, 0.2) is 0 Å². The van der Waals surface area contributed by atoms with E-state index in [-0.39, 0.29) is 22.9 Å². The van der Waals surface area contributed by atoms with Crippen LogP contribution in [-0.4, -0.2) is 60.9 Å². The van der Waals surface area contributed by atoms with Crippen molar-refractivity contribution >= 4 is 27.1 Å². The molecular weight excluding hydrogens is 384 g/mol. The average Bonchev–Trinajstić information content (AvgIpc) is 2.68. The van der Waals surface area contributed by atoms with Crippen molar-refractivity contribution < 1.29 is 18.4 Å². The van der Waals surface area contributed by atoms with Crippen LogP contribution in [0.3, 0.4) is 0 Å². The van der Waals surface area contributed by atoms with Gasteiger partial charge in [-0.2, -0.15) is 4.31 Å². The molecule has 0 aromatic heterocycles. The minimum absolute atomic E-state index is 0.0987. The number of hydrogen-bond acceptors (Lipinski definition) is 7. The lowest BCUT2D eigenvalue weighted by molar-refractivity contribution is -0.384. The molecule has 0 amide bonds. The van der Waals surface area contributed by atoms with E-state index in [1.807, 2.05) is 11.9 Å². The van der Waals surface area contributed by atoms with Crippen LogP contribution < -0.4 is 5.32 Å². The van der Waals surface area contributed by atoms with Crippen LogP contribution in [-0.2, 0) is 16.6 Å². The number of piperazine rings is 1. The van der Waals surface area contributed by atoms with E-state index in [2.05, 4.69) is 5.32 Å². The molecule has 0 radical (unpaired) electrons. The zero-order chi connectivity index (χ0) is 20.3. The Hall–Kier alpha value is -2.53. The number of hydrogen-bond donors (Lipinski definition) is 2. The SMILES string of the molecule is CN1CCN(S(=O)(=O)c2ccc(Nc3cccc(CO)c3)c([N+](=O)[O-])c2)CC1. The monoisotopic (exact) mass is 406 g/mol. The molecule has 2 aromatic rings. The van der Waals surface area contributed by atoms with Crippen molar-refractivity contribution in [2.24, 2.45) is 0 Å². The van der Waals surface area contributed by atoms with Crippen LogP contribution in [0.1, 0.15) is 5.56 Å². The fourth-order valence-electron chi connectivity index (χ4n) is 3.01. The van der Waals surface area contributed by atoms with E-state index >= 15 is 0 Å². The summed E-state index contributed by atoms with van der Waals surface area (Å²) in [5.74, 6) is 0. The molecule has 1 saturated heterocycles. The summed E-state index contributed by atoms with van der Waals surface area (Å²) >= 11 is 0. The number of rotatable bonds is 6. The fraction of sp³-hybridized carbons (Fsp3) is 0.333. The third-order valence-electron chi connectivity index (χ3n) is 4.65. The number of aliphatic hydroxyl groups excluding tert-OH is 1. The number of sulfonamides is 1. The van der Waals surface area contributed by atoms with E-state index in [4.69, 9.17) is 0 Å². The van der Waals surface area contributed by atoms with Crippen LogP contribution in [0.4, 0.5) is 17.1 Å². The van der Waals surface area contributed by atoms with Crippen molar-refractivity contribution in [3.63, 3.8) is 0 Å². The van der Waals surface area contributed by atoms with Crippen LogP contribution in [0.25, 0.3) is 0 Å². The first-order valence-corrected chi connectivity index (χ1v) is 10.2. The lowest BCUT2D eigenvalue weighted by Crippen LogP contribution is -2.47. The Kier molecular flexibility index (Phi) is 5.94. The lowest BCUT2D eigenvalue weighted by atomic mass is 10.2. The highest BCUT2D eigenvalue weighted by atomic mass is 32.2. The molecule has 150 valence electrons. The number of anilines is 2. The predicted octanol–water partition coefficient (Wildman–Crippen LogP) is 1.77. The van der Waals surface area contributed by atoms with Crippen molar-refractivity contribution in [1.29, 1.82) is 0 Å². The largest absolute Gasteiger partial charge is 0.392 e. The fourth-order valence-corrected chi connectivity index (χ4v) is 4.45. The summed E-state index contributed by atoms with van der Waals surface area (Å²) in [4.78, 5) is 12.9. The van der Waals surface area contributed by atoms with E-state index in [1.165, 1.54) is 16.4 Å². The molecule has 0 aliphatic carbocycles. The summed E-state index contributed by atoms with van der Waals surface area (Å²) in [6.45, 7) is 1.77. The molecule has 3 rings (SSSR count). The van der Waals surface area contributed by atoms with Gasteiger partial charge >= 0.3 is 0 Å². The first-order valence-electron chi connectivity index (χ1n) is 8.75. The Morgan fingerprint density at radius 2 is 1.86 bits per heavy atom. The molecule has 10 heteroatoms. The minimum atomic E-state index is -3.80. The lowest BCUT2D eigenvalue weighted by Gasteiger charge is -2.31. The van der Waals surface area contributed by atoms with Crippen LogP contribution >= 0.6 is 0 Å². The van der Waals surface area contributed by atoms with Crippen molar-refractivity contribution in [3.8, 4) is 0 Å². The van der Waals surface area contributed by atoms with Gasteiger partial charge in [-0.1, -0.05) is 12.1 Å². The van der Waals surface area contributed by atoms with Crippen molar-refractivity contribution in [2.45, 2.75) is 11.5 Å². The molecule has 0 saturated carbocycles. The maximum absolute atomic E-state index is 12.9. The molecular formula is C18H22N4O5S. The van der Waals surface area contributed by atoms with Gasteiger partial charge in [0.2, 0.25) is 10.0 Å². The van der Waals surface area contributed by atoms with E-state index in [0.29, 0.717) is 37.4 Å². The van der Waals surface area contributed by atoms with E-state index < -0.39 is 14.9 Å². The van der Waals surface area contributed by atoms with Crippen molar-refractivity contribution in [3.05, 3.63) is 58.1 Å². The smallest absolute Gasteiger partial charge is 0.294 e. The van der Waals surface area contributed by atoms with Gasteiger partial charge in [0.1, 0.15) is 5.69 Å². The standard InChI is InChI=1S/C18H22N4O5S/c1-20-7-9-21(10-8-20)28(26,27)16-5-6-17(18(12-16)22(24)25)19-15-4-2-3-14(11-15)13-23/h2-6,11-12,19,23H,7-10,13H2,1H3. The van der Waals surface area contributed by atoms with Gasteiger partial charge in [-0.05, 0) is 36.9 Å². The molecule has 2 aromatic carbocycles. The van der Waals surface area contributed by atoms with E-state index in [1.54, 1.807) is 24.3 Å². The van der Waals surface area contributed by atoms with E-state index in [9.17, 15) is 23.6 Å². The second-order valence-electron chi connectivity index (χ2n) is 6.63. The first kappa shape index (κ1) is 20.2. The molecule has 0 atom stereocenters. The second-order valence-corrected chi connectivity index (χ2v) is 8.56. The molecule has 1 fully saturated rings. The Morgan fingerprint density at radius 1 is 1.14 bits per heavy atom. The number of nitrogens with zero attached hydrogens (tertiary/aromatic N) is 3. The normalized spacial score (nSPS) is 16.1. The second kappa shape index (κ2) is 8.23. The minimum Gasteiger partial charge on any atom is -0.392 e. The number of likely N-dealkylation sites (N-methyl/N-ethyl adjacent to an activating group) is 1. The molecule has 2 N–H and O–H groups in total. The molecule has 1 aliphatic rings. The summed E-state index contributed by atoms with van der Waals surface area (Å²) in [6, 6.07) is 10.7. The summed E-state index contributed by atoms with van der Waals surface area (Å²) < 4.78 is 27.1. The van der Waals surface area contributed by atoms with E-state index in [0.717, 1.165) is 6.07 Å². The highest BCUT2D eigenvalue weighted by Gasteiger charge is 2.29. The molecule has 0 bridgehead atoms. The topological polar surface area (TPSA) is 116 Å². The van der Waals surface area contributed by atoms with Gasteiger partial charge in [-0.3, -0.25) is 10.1 Å². The third-order valence-corrected chi connectivity index (χ3v) is 6.55. The number of benzene rings is 2. The number of nitro groups is 1. The average molecular weight is 406 g/mol. The number of nitrogens with one attached hydrogen (secondary N) is 1. The predicted molar refractivity (Wildman–Crippen MR) is 105 cm³/mol. The van der Waals surface area contributed by atoms with Crippen LogP contribution in [0.15, 0.2) is 47.4 Å². The number of nitro benzene ring substituents is 1. The van der Waals surface area contributed by atoms with Crippen LogP contribution in [0.5, 0.6) is 0 Å². The van der Waals surface area contributed by atoms with Gasteiger partial charge < -0.3 is 15.3 Å². The summed E-state index contributed by atoms with van der Waals surface area (Å²) in [7, 11) is -1.88. The highest BCUT2D eigenvalue weighted by molar-refractivity contribution is 7.89. The molecule has 0 spiro atoms. The Bertz CT molecular complexity index is 972. The summed E-state index contributed by atoms with van der Waals surface area (Å²) in [5, 5.41) is 23.7. The molecule has 0 unspecified atom stereocenters. The summed E-state index contributed by atoms with van der Waals surface area (Å²) in [6.07, 6.45) is 0. The Labute approximate surface area is 163 Å². The highest BCUT2D eigenvalue weighted by Crippen LogP contribution is 2.31. The summed E-state index contributed by atoms with van der Waals surface area (Å²) in [5.41, 5.74) is 1.06. The molecule has 28 heavy (non-hydrogen) atoms. The Balaban J connectivity index is 1.91. The number of aliphatic hydroxyl groups is 1. The van der Waals surface area contributed by atoms with Gasteiger partial charge in [0.25, 0.3) is 5.69 Å². The van der Waals surface area contributed by atoms with Gasteiger partial charge in [0, 0.05) is 37.9 Å². The first-order chi connectivity index (χ1) is 13.3. The molecule has 9 nitrogen and oxygen atoms in total. The van der Waals surface area contributed by atoms with Gasteiger partial charge in [0.05, 0.1) is 16.4 Å². The van der Waals surface area contributed by atoms with Crippen LogP contribution in [0, 0.1) is 10.1 Å².